The molecule has 7 heteroatoms. The molecule has 154 valence electrons. The van der Waals surface area contributed by atoms with Crippen LogP contribution in [0.5, 0.6) is 0 Å². The molecule has 0 bridgehead atoms. The van der Waals surface area contributed by atoms with Gasteiger partial charge in [-0.05, 0) is 50.1 Å². The third-order valence-corrected chi connectivity index (χ3v) is 5.43. The van der Waals surface area contributed by atoms with Crippen molar-refractivity contribution in [1.82, 2.24) is 15.1 Å². The monoisotopic (exact) mass is 413 g/mol. The highest BCUT2D eigenvalue weighted by atomic mass is 35.5. The van der Waals surface area contributed by atoms with Gasteiger partial charge in [0, 0.05) is 42.3 Å². The Bertz CT molecular complexity index is 972. The molecule has 1 aliphatic heterocycles. The second-order valence-electron chi connectivity index (χ2n) is 7.04. The molecule has 1 amide bonds. The van der Waals surface area contributed by atoms with Gasteiger partial charge >= 0.3 is 0 Å². The van der Waals surface area contributed by atoms with Crippen molar-refractivity contribution in [3.8, 4) is 5.69 Å². The zero-order chi connectivity index (χ0) is 20.8. The van der Waals surface area contributed by atoms with E-state index in [-0.39, 0.29) is 11.8 Å². The van der Waals surface area contributed by atoms with Gasteiger partial charge in [0.05, 0.1) is 11.0 Å². The van der Waals surface area contributed by atoms with Crippen molar-refractivity contribution in [2.45, 2.75) is 19.8 Å². The summed E-state index contributed by atoms with van der Waals surface area (Å²) < 4.78 is 1.93. The Balaban J connectivity index is 1.90. The summed E-state index contributed by atoms with van der Waals surface area (Å²) in [6, 6.07) is 7.63. The van der Waals surface area contributed by atoms with Crippen molar-refractivity contribution in [2.24, 2.45) is 11.7 Å². The Morgan fingerprint density at radius 2 is 2.03 bits per heavy atom. The van der Waals surface area contributed by atoms with E-state index in [0.717, 1.165) is 48.0 Å². The van der Waals surface area contributed by atoms with E-state index in [0.29, 0.717) is 18.1 Å². The molecule has 0 atom stereocenters. The molecule has 1 aliphatic rings. The van der Waals surface area contributed by atoms with Crippen molar-refractivity contribution < 1.29 is 4.79 Å². The third kappa shape index (κ3) is 4.71. The van der Waals surface area contributed by atoms with Crippen molar-refractivity contribution in [3.05, 3.63) is 52.5 Å². The average molecular weight is 414 g/mol. The van der Waals surface area contributed by atoms with E-state index in [1.165, 1.54) is 0 Å². The molecule has 3 rings (SSSR count). The molecule has 0 aliphatic carbocycles. The van der Waals surface area contributed by atoms with Crippen LogP contribution in [0, 0.1) is 5.92 Å². The molecule has 0 spiro atoms. The van der Waals surface area contributed by atoms with Crippen LogP contribution >= 0.6 is 11.6 Å². The van der Waals surface area contributed by atoms with Crippen LogP contribution in [-0.4, -0.2) is 41.9 Å². The first-order valence-corrected chi connectivity index (χ1v) is 10.3. The molecule has 3 N–H and O–H groups in total. The first-order valence-electron chi connectivity index (χ1n) is 9.95. The van der Waals surface area contributed by atoms with E-state index in [1.54, 1.807) is 6.08 Å². The van der Waals surface area contributed by atoms with Crippen LogP contribution in [0.3, 0.4) is 0 Å². The SMILES string of the molecule is C=C/C=c1/c(N2CCC(C(=O)NCCN)CC2)nn(-c2ccc(Cl)cc2)/c1=C/C. The van der Waals surface area contributed by atoms with Crippen LogP contribution in [0.2, 0.25) is 5.02 Å². The van der Waals surface area contributed by atoms with Crippen molar-refractivity contribution in [1.29, 1.82) is 0 Å². The standard InChI is InChI=1S/C22H28ClN5O/c1-3-5-19-20(4-2)28(18-8-6-17(23)7-9-18)26-21(19)27-14-10-16(11-15-27)22(29)25-13-12-24/h3-9,16H,1,10-15,24H2,2H3,(H,25,29)/b19-5+,20-4+. The summed E-state index contributed by atoms with van der Waals surface area (Å²) in [6.45, 7) is 8.41. The number of nitrogens with one attached hydrogen (secondary N) is 1. The highest BCUT2D eigenvalue weighted by Crippen LogP contribution is 2.20. The normalized spacial score (nSPS) is 16.3. The Labute approximate surface area is 176 Å². The number of rotatable bonds is 6. The number of amides is 1. The molecular formula is C22H28ClN5O. The van der Waals surface area contributed by atoms with Gasteiger partial charge in [-0.15, -0.1) is 5.10 Å². The van der Waals surface area contributed by atoms with Gasteiger partial charge < -0.3 is 16.0 Å². The van der Waals surface area contributed by atoms with Crippen molar-refractivity contribution in [3.63, 3.8) is 0 Å². The summed E-state index contributed by atoms with van der Waals surface area (Å²) in [7, 11) is 0. The summed E-state index contributed by atoms with van der Waals surface area (Å²) >= 11 is 6.05. The number of carbonyl (C=O) groups is 1. The van der Waals surface area contributed by atoms with Crippen molar-refractivity contribution in [2.75, 3.05) is 31.1 Å². The summed E-state index contributed by atoms with van der Waals surface area (Å²) in [5, 5.41) is 10.5. The van der Waals surface area contributed by atoms with Crippen LogP contribution in [0.25, 0.3) is 17.8 Å². The van der Waals surface area contributed by atoms with Gasteiger partial charge in [0.15, 0.2) is 5.82 Å². The summed E-state index contributed by atoms with van der Waals surface area (Å²) in [4.78, 5) is 14.5. The van der Waals surface area contributed by atoms with E-state index in [2.05, 4.69) is 16.8 Å². The molecule has 2 heterocycles. The second kappa shape index (κ2) is 9.76. The number of nitrogens with zero attached hydrogens (tertiary/aromatic N) is 3. The zero-order valence-electron chi connectivity index (χ0n) is 16.8. The minimum atomic E-state index is 0.0280. The third-order valence-electron chi connectivity index (χ3n) is 5.18. The molecule has 1 aromatic heterocycles. The maximum absolute atomic E-state index is 12.2. The fraction of sp³-hybridized carbons (Fsp3) is 0.364. The smallest absolute Gasteiger partial charge is 0.223 e. The van der Waals surface area contributed by atoms with E-state index >= 15 is 0 Å². The molecule has 0 saturated carbocycles. The first kappa shape index (κ1) is 21.1. The Morgan fingerprint density at radius 3 is 2.62 bits per heavy atom. The number of nitrogens with two attached hydrogens (primary N) is 1. The second-order valence-corrected chi connectivity index (χ2v) is 7.48. The average Bonchev–Trinajstić information content (AvgIpc) is 3.11. The number of benzene rings is 1. The topological polar surface area (TPSA) is 76.2 Å². The molecule has 29 heavy (non-hydrogen) atoms. The number of hydrogen-bond donors (Lipinski definition) is 2. The lowest BCUT2D eigenvalue weighted by Gasteiger charge is -2.31. The lowest BCUT2D eigenvalue weighted by atomic mass is 9.96. The number of aromatic nitrogens is 2. The Hall–Kier alpha value is -2.57. The van der Waals surface area contributed by atoms with Crippen LogP contribution in [0.15, 0.2) is 36.9 Å². The van der Waals surface area contributed by atoms with Crippen LogP contribution in [0.1, 0.15) is 19.8 Å². The number of piperidine rings is 1. The van der Waals surface area contributed by atoms with Gasteiger partial charge in [0.25, 0.3) is 0 Å². The largest absolute Gasteiger partial charge is 0.355 e. The first-order chi connectivity index (χ1) is 14.1. The number of allylic oxidation sites excluding steroid dienone is 1. The predicted molar refractivity (Wildman–Crippen MR) is 120 cm³/mol. The van der Waals surface area contributed by atoms with Gasteiger partial charge in [-0.2, -0.15) is 0 Å². The zero-order valence-corrected chi connectivity index (χ0v) is 17.5. The minimum absolute atomic E-state index is 0.0280. The fourth-order valence-corrected chi connectivity index (χ4v) is 3.82. The Kier molecular flexibility index (Phi) is 7.12. The van der Waals surface area contributed by atoms with Gasteiger partial charge in [-0.3, -0.25) is 4.79 Å². The van der Waals surface area contributed by atoms with E-state index in [9.17, 15) is 4.79 Å². The van der Waals surface area contributed by atoms with Gasteiger partial charge in [0.2, 0.25) is 5.91 Å². The van der Waals surface area contributed by atoms with Gasteiger partial charge in [0.1, 0.15) is 0 Å². The highest BCUT2D eigenvalue weighted by molar-refractivity contribution is 6.30. The number of halogens is 1. The quantitative estimate of drug-likeness (QED) is 0.754. The molecule has 1 aromatic carbocycles. The van der Waals surface area contributed by atoms with Crippen molar-refractivity contribution >= 4 is 35.5 Å². The lowest BCUT2D eigenvalue weighted by molar-refractivity contribution is -0.125. The number of anilines is 1. The lowest BCUT2D eigenvalue weighted by Crippen LogP contribution is -2.43. The minimum Gasteiger partial charge on any atom is -0.355 e. The summed E-state index contributed by atoms with van der Waals surface area (Å²) in [5.74, 6) is 1.04. The predicted octanol–water partition coefficient (Wildman–Crippen LogP) is 1.58. The van der Waals surface area contributed by atoms with E-state index in [1.807, 2.05) is 48.0 Å². The molecule has 2 aromatic rings. The fourth-order valence-electron chi connectivity index (χ4n) is 3.69. The molecule has 1 fully saturated rings. The summed E-state index contributed by atoms with van der Waals surface area (Å²) in [6.07, 6.45) is 7.41. The number of hydrogen-bond acceptors (Lipinski definition) is 4. The molecule has 0 radical (unpaired) electrons. The number of carbonyl (C=O) groups excluding carboxylic acids is 1. The highest BCUT2D eigenvalue weighted by Gasteiger charge is 2.26. The van der Waals surface area contributed by atoms with Crippen LogP contribution in [0.4, 0.5) is 5.82 Å². The van der Waals surface area contributed by atoms with Gasteiger partial charge in [-0.25, -0.2) is 4.68 Å². The molecule has 1 saturated heterocycles. The van der Waals surface area contributed by atoms with Crippen LogP contribution < -0.4 is 26.5 Å². The van der Waals surface area contributed by atoms with E-state index in [4.69, 9.17) is 22.4 Å². The van der Waals surface area contributed by atoms with Crippen LogP contribution in [-0.2, 0) is 4.79 Å². The molecule has 0 unspecified atom stereocenters. The maximum atomic E-state index is 12.2. The molecular weight excluding hydrogens is 386 g/mol. The summed E-state index contributed by atoms with van der Waals surface area (Å²) in [5.41, 5.74) is 6.43. The van der Waals surface area contributed by atoms with Gasteiger partial charge in [-0.1, -0.05) is 30.3 Å². The molecule has 6 nitrogen and oxygen atoms in total. The maximum Gasteiger partial charge on any atom is 0.223 e. The Morgan fingerprint density at radius 1 is 1.34 bits per heavy atom. The van der Waals surface area contributed by atoms with E-state index < -0.39 is 0 Å².